The summed E-state index contributed by atoms with van der Waals surface area (Å²) >= 11 is 0. The summed E-state index contributed by atoms with van der Waals surface area (Å²) in [7, 11) is -7.52. The van der Waals surface area contributed by atoms with Gasteiger partial charge in [-0.15, -0.1) is 0 Å². The topological polar surface area (TPSA) is 156 Å². The molecule has 0 aliphatic carbocycles. The van der Waals surface area contributed by atoms with Crippen LogP contribution in [-0.2, 0) is 26.3 Å². The number of carboxylic acid groups (broad SMARTS) is 1. The van der Waals surface area contributed by atoms with Crippen molar-refractivity contribution in [2.24, 2.45) is 0 Å². The third kappa shape index (κ3) is 5.69. The second-order valence-electron chi connectivity index (χ2n) is 6.54. The van der Waals surface area contributed by atoms with E-state index in [0.717, 1.165) is 18.0 Å². The quantitative estimate of drug-likeness (QED) is 0.432. The van der Waals surface area contributed by atoms with Crippen molar-refractivity contribution in [3.05, 3.63) is 66.2 Å². The van der Waals surface area contributed by atoms with Gasteiger partial charge in [0.05, 0.1) is 16.8 Å². The molecule has 0 aliphatic rings. The predicted molar refractivity (Wildman–Crippen MR) is 111 cm³/mol. The average Bonchev–Trinajstić information content (AvgIpc) is 3.21. The van der Waals surface area contributed by atoms with Crippen LogP contribution in [0.25, 0.3) is 0 Å². The van der Waals surface area contributed by atoms with Crippen molar-refractivity contribution in [1.82, 2.24) is 14.7 Å². The number of ether oxygens (including phenoxy) is 1. The minimum Gasteiger partial charge on any atom is -0.478 e. The first-order valence-electron chi connectivity index (χ1n) is 8.88. The van der Waals surface area contributed by atoms with Gasteiger partial charge < -0.3 is 14.8 Å². The van der Waals surface area contributed by atoms with Crippen LogP contribution in [0, 0.1) is 0 Å². The minimum atomic E-state index is -3.77. The molecule has 0 atom stereocenters. The highest BCUT2D eigenvalue weighted by molar-refractivity contribution is 7.90. The van der Waals surface area contributed by atoms with Crippen LogP contribution in [0.3, 0.4) is 0 Å². The van der Waals surface area contributed by atoms with Crippen molar-refractivity contribution < 1.29 is 31.5 Å². The van der Waals surface area contributed by atoms with Crippen molar-refractivity contribution in [1.29, 1.82) is 0 Å². The van der Waals surface area contributed by atoms with Crippen molar-refractivity contribution in [3.63, 3.8) is 0 Å². The second kappa shape index (κ2) is 8.88. The maximum Gasteiger partial charge on any atom is 0.335 e. The molecule has 0 saturated heterocycles. The number of nitrogens with zero attached hydrogens (tertiary/aromatic N) is 1. The number of nitrogens with one attached hydrogen (secondary N) is 2. The van der Waals surface area contributed by atoms with Crippen LogP contribution in [0.4, 0.5) is 0 Å². The highest BCUT2D eigenvalue weighted by Gasteiger charge is 2.19. The molecule has 10 nitrogen and oxygen atoms in total. The Bertz CT molecular complexity index is 1280. The number of carboxylic acids is 1. The van der Waals surface area contributed by atoms with Crippen LogP contribution in [0.5, 0.6) is 11.5 Å². The van der Waals surface area contributed by atoms with Gasteiger partial charge in [-0.1, -0.05) is 0 Å². The molecule has 1 heterocycles. The molecule has 0 fully saturated rings. The SMILES string of the molecule is CS(=O)(=O)c1cc(C(=O)O)ccc1Oc1ccc(S(=O)(=O)NCCc2cnc[nH]2)cc1. The normalized spacial score (nSPS) is 11.9. The summed E-state index contributed by atoms with van der Waals surface area (Å²) in [5, 5.41) is 9.07. The zero-order chi connectivity index (χ0) is 22.6. The van der Waals surface area contributed by atoms with Crippen LogP contribution in [0.1, 0.15) is 16.1 Å². The Balaban J connectivity index is 1.75. The van der Waals surface area contributed by atoms with E-state index in [-0.39, 0.29) is 33.4 Å². The molecule has 0 aliphatic heterocycles. The standard InChI is InChI=1S/C19H19N3O7S2/c1-30(25,26)18-10-13(19(23)24)2-7-17(18)29-15-3-5-16(6-4-15)31(27,28)22-9-8-14-11-20-12-21-14/h2-7,10-12,22H,8-9H2,1H3,(H,20,21)(H,23,24). The van der Waals surface area contributed by atoms with E-state index >= 15 is 0 Å². The van der Waals surface area contributed by atoms with Gasteiger partial charge in [0.15, 0.2) is 9.84 Å². The lowest BCUT2D eigenvalue weighted by atomic mass is 10.2. The molecule has 3 N–H and O–H groups in total. The number of benzene rings is 2. The Morgan fingerprint density at radius 1 is 1.13 bits per heavy atom. The predicted octanol–water partition coefficient (Wildman–Crippen LogP) is 1.82. The maximum absolute atomic E-state index is 12.4. The molecule has 0 spiro atoms. The summed E-state index contributed by atoms with van der Waals surface area (Å²) in [4.78, 5) is 17.6. The number of rotatable bonds is 9. The zero-order valence-electron chi connectivity index (χ0n) is 16.3. The van der Waals surface area contributed by atoms with Crippen molar-refractivity contribution in [3.8, 4) is 11.5 Å². The lowest BCUT2D eigenvalue weighted by molar-refractivity contribution is 0.0696. The Labute approximate surface area is 178 Å². The van der Waals surface area contributed by atoms with Gasteiger partial charge in [0.25, 0.3) is 0 Å². The summed E-state index contributed by atoms with van der Waals surface area (Å²) in [5.74, 6) is -1.16. The molecular weight excluding hydrogens is 446 g/mol. The summed E-state index contributed by atoms with van der Waals surface area (Å²) in [6.07, 6.45) is 4.49. The molecule has 0 bridgehead atoms. The Kier molecular flexibility index (Phi) is 6.43. The smallest absolute Gasteiger partial charge is 0.335 e. The molecule has 31 heavy (non-hydrogen) atoms. The molecule has 0 unspecified atom stereocenters. The van der Waals surface area contributed by atoms with Crippen molar-refractivity contribution in [2.45, 2.75) is 16.2 Å². The highest BCUT2D eigenvalue weighted by Crippen LogP contribution is 2.30. The largest absolute Gasteiger partial charge is 0.478 e. The molecule has 1 aromatic heterocycles. The fraction of sp³-hybridized carbons (Fsp3) is 0.158. The number of imidazole rings is 1. The first kappa shape index (κ1) is 22.5. The first-order valence-corrected chi connectivity index (χ1v) is 12.3. The zero-order valence-corrected chi connectivity index (χ0v) is 17.9. The van der Waals surface area contributed by atoms with Gasteiger partial charge in [0, 0.05) is 31.1 Å². The number of hydrogen-bond acceptors (Lipinski definition) is 7. The van der Waals surface area contributed by atoms with E-state index < -0.39 is 25.8 Å². The Morgan fingerprint density at radius 2 is 1.84 bits per heavy atom. The number of aromatic carboxylic acids is 1. The van der Waals surface area contributed by atoms with Crippen LogP contribution < -0.4 is 9.46 Å². The van der Waals surface area contributed by atoms with E-state index in [2.05, 4.69) is 14.7 Å². The average molecular weight is 466 g/mol. The minimum absolute atomic E-state index is 0.00835. The molecule has 0 radical (unpaired) electrons. The van der Waals surface area contributed by atoms with Gasteiger partial charge in [0.1, 0.15) is 16.4 Å². The number of aromatic nitrogens is 2. The van der Waals surface area contributed by atoms with Crippen LogP contribution in [0.15, 0.2) is 64.8 Å². The summed E-state index contributed by atoms with van der Waals surface area (Å²) in [6.45, 7) is 0.177. The maximum atomic E-state index is 12.4. The summed E-state index contributed by atoms with van der Waals surface area (Å²) in [6, 6.07) is 8.85. The molecule has 164 valence electrons. The number of aromatic amines is 1. The lowest BCUT2D eigenvalue weighted by Crippen LogP contribution is -2.26. The molecule has 2 aromatic carbocycles. The van der Waals surface area contributed by atoms with Crippen molar-refractivity contribution >= 4 is 25.8 Å². The fourth-order valence-corrected chi connectivity index (χ4v) is 4.50. The molecule has 3 rings (SSSR count). The first-order chi connectivity index (χ1) is 14.6. The van der Waals surface area contributed by atoms with Gasteiger partial charge in [0.2, 0.25) is 10.0 Å². The summed E-state index contributed by atoms with van der Waals surface area (Å²) in [5.41, 5.74) is 0.595. The number of hydrogen-bond donors (Lipinski definition) is 3. The van der Waals surface area contributed by atoms with Gasteiger partial charge in [-0.2, -0.15) is 0 Å². The number of carbonyl (C=O) groups is 1. The fourth-order valence-electron chi connectivity index (χ4n) is 2.65. The van der Waals surface area contributed by atoms with E-state index in [1.165, 1.54) is 42.7 Å². The van der Waals surface area contributed by atoms with E-state index in [0.29, 0.717) is 6.42 Å². The van der Waals surface area contributed by atoms with E-state index in [1.807, 2.05) is 0 Å². The Morgan fingerprint density at radius 3 is 2.42 bits per heavy atom. The van der Waals surface area contributed by atoms with Crippen LogP contribution >= 0.6 is 0 Å². The lowest BCUT2D eigenvalue weighted by Gasteiger charge is -2.12. The molecular formula is C19H19N3O7S2. The van der Waals surface area contributed by atoms with E-state index in [4.69, 9.17) is 9.84 Å². The third-order valence-electron chi connectivity index (χ3n) is 4.19. The molecule has 12 heteroatoms. The number of H-pyrrole nitrogens is 1. The van der Waals surface area contributed by atoms with Crippen LogP contribution in [0.2, 0.25) is 0 Å². The van der Waals surface area contributed by atoms with Gasteiger partial charge in [-0.25, -0.2) is 31.3 Å². The highest BCUT2D eigenvalue weighted by atomic mass is 32.2. The summed E-state index contributed by atoms with van der Waals surface area (Å²) < 4.78 is 56.9. The third-order valence-corrected chi connectivity index (χ3v) is 6.79. The number of sulfone groups is 1. The van der Waals surface area contributed by atoms with E-state index in [1.54, 1.807) is 6.20 Å². The number of sulfonamides is 1. The van der Waals surface area contributed by atoms with Gasteiger partial charge >= 0.3 is 5.97 Å². The van der Waals surface area contributed by atoms with Crippen LogP contribution in [-0.4, -0.2) is 50.7 Å². The van der Waals surface area contributed by atoms with Crippen molar-refractivity contribution in [2.75, 3.05) is 12.8 Å². The van der Waals surface area contributed by atoms with Gasteiger partial charge in [-0.3, -0.25) is 0 Å². The van der Waals surface area contributed by atoms with Gasteiger partial charge in [-0.05, 0) is 42.5 Å². The second-order valence-corrected chi connectivity index (χ2v) is 10.3. The monoisotopic (exact) mass is 465 g/mol. The molecule has 3 aromatic rings. The molecule has 0 amide bonds. The Hall–Kier alpha value is -3.22. The molecule has 0 saturated carbocycles. The van der Waals surface area contributed by atoms with E-state index in [9.17, 15) is 21.6 Å².